The topological polar surface area (TPSA) is 76.2 Å². The van der Waals surface area contributed by atoms with E-state index in [0.29, 0.717) is 49.7 Å². The number of carbonyl (C=O) groups is 1. The fraction of sp³-hybridized carbons (Fsp3) is 0.0476. The van der Waals surface area contributed by atoms with Gasteiger partial charge < -0.3 is 14.5 Å². The number of aromatic nitrogens is 2. The Labute approximate surface area is 176 Å². The van der Waals surface area contributed by atoms with Crippen LogP contribution in [0.5, 0.6) is 11.5 Å². The average Bonchev–Trinajstić information content (AvgIpc) is 3.11. The van der Waals surface area contributed by atoms with Gasteiger partial charge in [-0.2, -0.15) is 0 Å². The van der Waals surface area contributed by atoms with Crippen LogP contribution in [0, 0.1) is 0 Å². The lowest BCUT2D eigenvalue weighted by Crippen LogP contribution is -2.16. The zero-order chi connectivity index (χ0) is 20.4. The molecule has 0 radical (unpaired) electrons. The molecular formula is C21H15Cl2N3O3. The highest BCUT2D eigenvalue weighted by atomic mass is 35.5. The maximum atomic E-state index is 12.2. The lowest BCUT2D eigenvalue weighted by atomic mass is 10.2. The molecule has 0 aliphatic heterocycles. The maximum absolute atomic E-state index is 12.2. The predicted octanol–water partition coefficient (Wildman–Crippen LogP) is 6.16. The SMILES string of the molecule is COc1ccc(NC(=O)Oc2ccc3nc(-c4c(Cl)cccc4Cl)[nH]c3c2)cc1. The van der Waals surface area contributed by atoms with E-state index in [1.165, 1.54) is 0 Å². The molecule has 0 spiro atoms. The van der Waals surface area contributed by atoms with E-state index in [4.69, 9.17) is 32.7 Å². The van der Waals surface area contributed by atoms with Gasteiger partial charge in [0.1, 0.15) is 17.3 Å². The Morgan fingerprint density at radius 2 is 1.69 bits per heavy atom. The van der Waals surface area contributed by atoms with Crippen LogP contribution in [0.4, 0.5) is 10.5 Å². The van der Waals surface area contributed by atoms with E-state index in [-0.39, 0.29) is 0 Å². The van der Waals surface area contributed by atoms with Gasteiger partial charge in [-0.25, -0.2) is 9.78 Å². The summed E-state index contributed by atoms with van der Waals surface area (Å²) in [5.74, 6) is 1.60. The molecule has 1 heterocycles. The Balaban J connectivity index is 1.53. The number of nitrogens with zero attached hydrogens (tertiary/aromatic N) is 1. The molecule has 0 atom stereocenters. The van der Waals surface area contributed by atoms with E-state index in [9.17, 15) is 4.79 Å². The Morgan fingerprint density at radius 1 is 1.00 bits per heavy atom. The molecule has 0 saturated carbocycles. The lowest BCUT2D eigenvalue weighted by Gasteiger charge is -2.07. The van der Waals surface area contributed by atoms with E-state index >= 15 is 0 Å². The highest BCUT2D eigenvalue weighted by Crippen LogP contribution is 2.34. The summed E-state index contributed by atoms with van der Waals surface area (Å²) in [4.78, 5) is 19.8. The van der Waals surface area contributed by atoms with Crippen molar-refractivity contribution in [3.05, 3.63) is 70.7 Å². The summed E-state index contributed by atoms with van der Waals surface area (Å²) in [6, 6.07) is 17.3. The fourth-order valence-corrected chi connectivity index (χ4v) is 3.40. The lowest BCUT2D eigenvalue weighted by molar-refractivity contribution is 0.215. The molecule has 2 N–H and O–H groups in total. The zero-order valence-corrected chi connectivity index (χ0v) is 16.7. The number of benzene rings is 3. The van der Waals surface area contributed by atoms with Crippen LogP contribution in [-0.2, 0) is 0 Å². The molecule has 3 aromatic carbocycles. The number of nitrogens with one attached hydrogen (secondary N) is 2. The molecule has 4 rings (SSSR count). The van der Waals surface area contributed by atoms with Gasteiger partial charge in [-0.05, 0) is 48.5 Å². The summed E-state index contributed by atoms with van der Waals surface area (Å²) in [5.41, 5.74) is 2.59. The molecule has 0 saturated heterocycles. The second kappa shape index (κ2) is 8.03. The number of ether oxygens (including phenoxy) is 2. The van der Waals surface area contributed by atoms with Crippen molar-refractivity contribution < 1.29 is 14.3 Å². The molecule has 0 unspecified atom stereocenters. The van der Waals surface area contributed by atoms with Crippen molar-refractivity contribution in [2.45, 2.75) is 0 Å². The number of halogens is 2. The molecule has 146 valence electrons. The number of imidazole rings is 1. The van der Waals surface area contributed by atoms with Crippen LogP contribution < -0.4 is 14.8 Å². The number of hydrogen-bond donors (Lipinski definition) is 2. The third-order valence-electron chi connectivity index (χ3n) is 4.20. The number of amides is 1. The molecule has 6 nitrogen and oxygen atoms in total. The van der Waals surface area contributed by atoms with Gasteiger partial charge in [0.25, 0.3) is 0 Å². The maximum Gasteiger partial charge on any atom is 0.417 e. The summed E-state index contributed by atoms with van der Waals surface area (Å²) in [6.07, 6.45) is -0.608. The van der Waals surface area contributed by atoms with Gasteiger partial charge in [0.05, 0.1) is 33.8 Å². The standard InChI is InChI=1S/C21H15Cl2N3O3/c1-28-13-7-5-12(6-8-13)24-21(27)29-14-9-10-17-18(11-14)26-20(25-17)19-15(22)3-2-4-16(19)23/h2-11H,1H3,(H,24,27)(H,25,26). The minimum absolute atomic E-state index is 0.365. The van der Waals surface area contributed by atoms with E-state index in [0.717, 1.165) is 0 Å². The van der Waals surface area contributed by atoms with Gasteiger partial charge in [0.15, 0.2) is 0 Å². The van der Waals surface area contributed by atoms with Crippen LogP contribution >= 0.6 is 23.2 Å². The summed E-state index contributed by atoms with van der Waals surface area (Å²) >= 11 is 12.5. The highest BCUT2D eigenvalue weighted by Gasteiger charge is 2.14. The van der Waals surface area contributed by atoms with Gasteiger partial charge in [0, 0.05) is 11.8 Å². The smallest absolute Gasteiger partial charge is 0.417 e. The van der Waals surface area contributed by atoms with Crippen LogP contribution in [-0.4, -0.2) is 23.2 Å². The summed E-state index contributed by atoms with van der Waals surface area (Å²) in [7, 11) is 1.58. The van der Waals surface area contributed by atoms with Crippen LogP contribution in [0.3, 0.4) is 0 Å². The summed E-state index contributed by atoms with van der Waals surface area (Å²) in [6.45, 7) is 0. The number of aromatic amines is 1. The first kappa shape index (κ1) is 19.1. The Morgan fingerprint density at radius 3 is 2.38 bits per heavy atom. The third kappa shape index (κ3) is 4.13. The summed E-state index contributed by atoms with van der Waals surface area (Å²) < 4.78 is 10.5. The molecule has 1 amide bonds. The molecule has 0 aliphatic rings. The molecule has 4 aromatic rings. The first-order valence-corrected chi connectivity index (χ1v) is 9.36. The van der Waals surface area contributed by atoms with Crippen molar-refractivity contribution in [3.8, 4) is 22.9 Å². The van der Waals surface area contributed by atoms with Crippen LogP contribution in [0.2, 0.25) is 10.0 Å². The minimum atomic E-state index is -0.608. The largest absolute Gasteiger partial charge is 0.497 e. The Hall–Kier alpha value is -3.22. The van der Waals surface area contributed by atoms with E-state index in [2.05, 4.69) is 15.3 Å². The first-order valence-electron chi connectivity index (χ1n) is 8.60. The molecule has 1 aromatic heterocycles. The zero-order valence-electron chi connectivity index (χ0n) is 15.2. The molecule has 0 bridgehead atoms. The number of carbonyl (C=O) groups excluding carboxylic acids is 1. The quantitative estimate of drug-likeness (QED) is 0.409. The normalized spacial score (nSPS) is 10.7. The monoisotopic (exact) mass is 427 g/mol. The van der Waals surface area contributed by atoms with Gasteiger partial charge >= 0.3 is 6.09 Å². The molecule has 0 aliphatic carbocycles. The predicted molar refractivity (Wildman–Crippen MR) is 114 cm³/mol. The number of fused-ring (bicyclic) bond motifs is 1. The third-order valence-corrected chi connectivity index (χ3v) is 4.83. The number of hydrogen-bond acceptors (Lipinski definition) is 4. The number of anilines is 1. The second-order valence-corrected chi connectivity index (χ2v) is 6.92. The van der Waals surface area contributed by atoms with Gasteiger partial charge in [-0.1, -0.05) is 29.3 Å². The Kier molecular flexibility index (Phi) is 5.29. The molecular weight excluding hydrogens is 413 g/mol. The van der Waals surface area contributed by atoms with E-state index in [1.807, 2.05) is 0 Å². The summed E-state index contributed by atoms with van der Waals surface area (Å²) in [5, 5.41) is 3.64. The van der Waals surface area contributed by atoms with E-state index < -0.39 is 6.09 Å². The van der Waals surface area contributed by atoms with Crippen molar-refractivity contribution in [1.29, 1.82) is 0 Å². The van der Waals surface area contributed by atoms with Crippen LogP contribution in [0.15, 0.2) is 60.7 Å². The number of methoxy groups -OCH3 is 1. The van der Waals surface area contributed by atoms with Gasteiger partial charge in [0.2, 0.25) is 0 Å². The van der Waals surface area contributed by atoms with Crippen molar-refractivity contribution in [2.24, 2.45) is 0 Å². The van der Waals surface area contributed by atoms with E-state index in [1.54, 1.807) is 67.8 Å². The highest BCUT2D eigenvalue weighted by molar-refractivity contribution is 6.39. The molecule has 0 fully saturated rings. The molecule has 29 heavy (non-hydrogen) atoms. The average molecular weight is 428 g/mol. The first-order chi connectivity index (χ1) is 14.0. The Bertz CT molecular complexity index is 1170. The van der Waals surface area contributed by atoms with Crippen LogP contribution in [0.25, 0.3) is 22.4 Å². The van der Waals surface area contributed by atoms with Crippen molar-refractivity contribution in [3.63, 3.8) is 0 Å². The van der Waals surface area contributed by atoms with Crippen molar-refractivity contribution >= 4 is 46.0 Å². The second-order valence-electron chi connectivity index (χ2n) is 6.10. The van der Waals surface area contributed by atoms with Crippen LogP contribution in [0.1, 0.15) is 0 Å². The number of rotatable bonds is 4. The van der Waals surface area contributed by atoms with Crippen molar-refractivity contribution in [2.75, 3.05) is 12.4 Å². The van der Waals surface area contributed by atoms with Gasteiger partial charge in [-0.3, -0.25) is 5.32 Å². The fourth-order valence-electron chi connectivity index (χ4n) is 2.82. The van der Waals surface area contributed by atoms with Crippen molar-refractivity contribution in [1.82, 2.24) is 9.97 Å². The minimum Gasteiger partial charge on any atom is -0.497 e. The van der Waals surface area contributed by atoms with Gasteiger partial charge in [-0.15, -0.1) is 0 Å². The molecule has 8 heteroatoms. The number of H-pyrrole nitrogens is 1.